The summed E-state index contributed by atoms with van der Waals surface area (Å²) in [7, 11) is 0. The van der Waals surface area contributed by atoms with Crippen LogP contribution in [0, 0.1) is 0 Å². The van der Waals surface area contributed by atoms with Crippen LogP contribution in [0.4, 0.5) is 18.0 Å². The molecule has 1 fully saturated rings. The summed E-state index contributed by atoms with van der Waals surface area (Å²) in [5.74, 6) is 0. The second kappa shape index (κ2) is 6.98. The Morgan fingerprint density at radius 3 is 2.04 bits per heavy atom. The molecule has 0 aliphatic carbocycles. The third-order valence-corrected chi connectivity index (χ3v) is 3.92. The number of halogens is 3. The number of nitrogens with two attached hydrogens (primary N) is 1. The molecule has 0 unspecified atom stereocenters. The van der Waals surface area contributed by atoms with E-state index < -0.39 is 17.3 Å². The molecule has 25 heavy (non-hydrogen) atoms. The molecule has 1 aromatic carbocycles. The normalized spacial score (nSPS) is 15.9. The first-order chi connectivity index (χ1) is 11.5. The molecular weight excluding hydrogens is 333 g/mol. The molecule has 0 spiro atoms. The number of likely N-dealkylation sites (tertiary alicyclic amines) is 1. The fraction of sp³-hybridized carbons (Fsp3) is 0.500. The second-order valence-electron chi connectivity index (χ2n) is 7.06. The van der Waals surface area contributed by atoms with Crippen molar-refractivity contribution in [3.63, 3.8) is 0 Å². The molecule has 2 N–H and O–H groups in total. The van der Waals surface area contributed by atoms with Gasteiger partial charge in [-0.1, -0.05) is 12.1 Å². The number of alkyl halides is 3. The van der Waals surface area contributed by atoms with Gasteiger partial charge in [0.25, 0.3) is 0 Å². The highest BCUT2D eigenvalue weighted by molar-refractivity contribution is 5.70. The van der Waals surface area contributed by atoms with Gasteiger partial charge in [-0.2, -0.15) is 13.2 Å². The van der Waals surface area contributed by atoms with Crippen LogP contribution in [0.2, 0.25) is 0 Å². The van der Waals surface area contributed by atoms with Gasteiger partial charge in [-0.25, -0.2) is 4.79 Å². The SMILES string of the molecule is CC(C)(C)OC(=O)N1CCC(=C(N)c2ccc(C(F)(F)F)cc2)CC1. The summed E-state index contributed by atoms with van der Waals surface area (Å²) in [5.41, 5.74) is 6.86. The van der Waals surface area contributed by atoms with Gasteiger partial charge in [0.05, 0.1) is 5.56 Å². The van der Waals surface area contributed by atoms with Crippen molar-refractivity contribution in [1.82, 2.24) is 4.90 Å². The number of amides is 1. The molecule has 0 bridgehead atoms. The van der Waals surface area contributed by atoms with Crippen molar-refractivity contribution in [1.29, 1.82) is 0 Å². The molecule has 1 amide bonds. The number of ether oxygens (including phenoxy) is 1. The highest BCUT2D eigenvalue weighted by Gasteiger charge is 2.30. The number of piperidine rings is 1. The number of benzene rings is 1. The van der Waals surface area contributed by atoms with Crippen molar-refractivity contribution in [2.75, 3.05) is 13.1 Å². The topological polar surface area (TPSA) is 55.6 Å². The van der Waals surface area contributed by atoms with Crippen molar-refractivity contribution in [2.45, 2.75) is 45.4 Å². The van der Waals surface area contributed by atoms with Gasteiger partial charge in [0, 0.05) is 18.8 Å². The van der Waals surface area contributed by atoms with E-state index >= 15 is 0 Å². The third kappa shape index (κ3) is 5.14. The van der Waals surface area contributed by atoms with E-state index in [0.717, 1.165) is 17.7 Å². The first-order valence-corrected chi connectivity index (χ1v) is 8.10. The predicted octanol–water partition coefficient (Wildman–Crippen LogP) is 4.41. The van der Waals surface area contributed by atoms with Crippen molar-refractivity contribution in [3.05, 3.63) is 41.0 Å². The van der Waals surface area contributed by atoms with Crippen LogP contribution in [0.5, 0.6) is 0 Å². The van der Waals surface area contributed by atoms with Gasteiger partial charge in [-0.15, -0.1) is 0 Å². The number of rotatable bonds is 1. The first-order valence-electron chi connectivity index (χ1n) is 8.10. The maximum absolute atomic E-state index is 12.6. The van der Waals surface area contributed by atoms with E-state index in [1.54, 1.807) is 4.90 Å². The highest BCUT2D eigenvalue weighted by Crippen LogP contribution is 2.31. The Balaban J connectivity index is 2.04. The summed E-state index contributed by atoms with van der Waals surface area (Å²) < 4.78 is 43.2. The maximum atomic E-state index is 12.6. The average molecular weight is 356 g/mol. The first kappa shape index (κ1) is 19.1. The summed E-state index contributed by atoms with van der Waals surface area (Å²) in [6, 6.07) is 4.81. The van der Waals surface area contributed by atoms with Crippen LogP contribution in [0.25, 0.3) is 5.70 Å². The van der Waals surface area contributed by atoms with Crippen LogP contribution >= 0.6 is 0 Å². The van der Waals surface area contributed by atoms with Crippen LogP contribution in [-0.4, -0.2) is 29.7 Å². The van der Waals surface area contributed by atoms with E-state index in [-0.39, 0.29) is 6.09 Å². The van der Waals surface area contributed by atoms with Crippen molar-refractivity contribution in [3.8, 4) is 0 Å². The summed E-state index contributed by atoms with van der Waals surface area (Å²) in [6.45, 7) is 6.38. The smallest absolute Gasteiger partial charge is 0.416 e. The molecule has 0 radical (unpaired) electrons. The van der Waals surface area contributed by atoms with Gasteiger partial charge in [0.2, 0.25) is 0 Å². The zero-order valence-corrected chi connectivity index (χ0v) is 14.6. The summed E-state index contributed by atoms with van der Waals surface area (Å²) in [5, 5.41) is 0. The fourth-order valence-electron chi connectivity index (χ4n) is 2.60. The van der Waals surface area contributed by atoms with Crippen LogP contribution in [0.15, 0.2) is 29.8 Å². The molecule has 0 saturated carbocycles. The van der Waals surface area contributed by atoms with E-state index in [0.29, 0.717) is 37.2 Å². The summed E-state index contributed by atoms with van der Waals surface area (Å²) in [6.07, 6.45) is -3.57. The minimum absolute atomic E-state index is 0.361. The van der Waals surface area contributed by atoms with E-state index in [9.17, 15) is 18.0 Å². The molecule has 4 nitrogen and oxygen atoms in total. The number of carbonyl (C=O) groups is 1. The van der Waals surface area contributed by atoms with E-state index in [1.165, 1.54) is 12.1 Å². The molecular formula is C18H23F3N2O2. The van der Waals surface area contributed by atoms with E-state index in [1.807, 2.05) is 20.8 Å². The molecule has 1 saturated heterocycles. The monoisotopic (exact) mass is 356 g/mol. The third-order valence-electron chi connectivity index (χ3n) is 3.92. The van der Waals surface area contributed by atoms with E-state index in [4.69, 9.17) is 10.5 Å². The lowest BCUT2D eigenvalue weighted by Gasteiger charge is -2.31. The van der Waals surface area contributed by atoms with Gasteiger partial charge < -0.3 is 15.4 Å². The Morgan fingerprint density at radius 1 is 1.08 bits per heavy atom. The fourth-order valence-corrected chi connectivity index (χ4v) is 2.60. The summed E-state index contributed by atoms with van der Waals surface area (Å²) in [4.78, 5) is 13.7. The standard InChI is InChI=1S/C18H23F3N2O2/c1-17(2,3)25-16(24)23-10-8-13(9-11-23)15(22)12-4-6-14(7-5-12)18(19,20)21/h4-7H,8-11,22H2,1-3H3. The molecule has 1 aliphatic rings. The Morgan fingerprint density at radius 2 is 1.60 bits per heavy atom. The second-order valence-corrected chi connectivity index (χ2v) is 7.06. The minimum Gasteiger partial charge on any atom is -0.444 e. The van der Waals surface area contributed by atoms with Gasteiger partial charge in [-0.3, -0.25) is 0 Å². The van der Waals surface area contributed by atoms with Crippen molar-refractivity contribution >= 4 is 11.8 Å². The maximum Gasteiger partial charge on any atom is 0.416 e. The largest absolute Gasteiger partial charge is 0.444 e. The van der Waals surface area contributed by atoms with Crippen LogP contribution in [0.3, 0.4) is 0 Å². The van der Waals surface area contributed by atoms with E-state index in [2.05, 4.69) is 0 Å². The Labute approximate surface area is 145 Å². The van der Waals surface area contributed by atoms with Crippen LogP contribution < -0.4 is 5.73 Å². The number of carbonyl (C=O) groups excluding carboxylic acids is 1. The predicted molar refractivity (Wildman–Crippen MR) is 89.6 cm³/mol. The molecule has 1 heterocycles. The lowest BCUT2D eigenvalue weighted by atomic mass is 9.97. The Hall–Kier alpha value is -2.18. The molecule has 1 aromatic rings. The average Bonchev–Trinajstić information content (AvgIpc) is 2.52. The number of nitrogens with zero attached hydrogens (tertiary/aromatic N) is 1. The lowest BCUT2D eigenvalue weighted by molar-refractivity contribution is -0.137. The van der Waals surface area contributed by atoms with Crippen LogP contribution in [0.1, 0.15) is 44.7 Å². The van der Waals surface area contributed by atoms with Crippen LogP contribution in [-0.2, 0) is 10.9 Å². The summed E-state index contributed by atoms with van der Waals surface area (Å²) >= 11 is 0. The molecule has 138 valence electrons. The van der Waals surface area contributed by atoms with Crippen molar-refractivity contribution < 1.29 is 22.7 Å². The van der Waals surface area contributed by atoms with Gasteiger partial charge in [0.15, 0.2) is 0 Å². The molecule has 0 aromatic heterocycles. The minimum atomic E-state index is -4.36. The number of hydrogen-bond donors (Lipinski definition) is 1. The molecule has 7 heteroatoms. The zero-order valence-electron chi connectivity index (χ0n) is 14.6. The quantitative estimate of drug-likeness (QED) is 0.811. The van der Waals surface area contributed by atoms with Gasteiger partial charge in [0.1, 0.15) is 5.60 Å². The van der Waals surface area contributed by atoms with Gasteiger partial charge in [-0.05, 0) is 56.9 Å². The molecule has 2 rings (SSSR count). The van der Waals surface area contributed by atoms with Gasteiger partial charge >= 0.3 is 12.3 Å². The van der Waals surface area contributed by atoms with Crippen molar-refractivity contribution in [2.24, 2.45) is 5.73 Å². The molecule has 1 aliphatic heterocycles. The Kier molecular flexibility index (Phi) is 5.34. The molecule has 0 atom stereocenters. The lowest BCUT2D eigenvalue weighted by Crippen LogP contribution is -2.40. The zero-order chi connectivity index (χ0) is 18.8. The Bertz CT molecular complexity index is 648. The number of hydrogen-bond acceptors (Lipinski definition) is 3. The highest BCUT2D eigenvalue weighted by atomic mass is 19.4.